The number of rotatable bonds is 5. The first-order valence-electron chi connectivity index (χ1n) is 7.71. The van der Waals surface area contributed by atoms with E-state index in [0.717, 1.165) is 6.07 Å². The summed E-state index contributed by atoms with van der Waals surface area (Å²) >= 11 is 0. The number of alkyl halides is 5. The van der Waals surface area contributed by atoms with E-state index in [1.165, 1.54) is 19.2 Å². The van der Waals surface area contributed by atoms with Crippen molar-refractivity contribution in [1.82, 2.24) is 5.32 Å². The van der Waals surface area contributed by atoms with E-state index in [1.54, 1.807) is 0 Å². The number of hydrogen-bond acceptors (Lipinski definition) is 3. The summed E-state index contributed by atoms with van der Waals surface area (Å²) < 4.78 is 72.4. The highest BCUT2D eigenvalue weighted by molar-refractivity contribution is 5.95. The third-order valence-corrected chi connectivity index (χ3v) is 4.11. The first-order valence-corrected chi connectivity index (χ1v) is 7.71. The van der Waals surface area contributed by atoms with Gasteiger partial charge in [0.1, 0.15) is 0 Å². The van der Waals surface area contributed by atoms with Gasteiger partial charge >= 0.3 is 12.8 Å². The van der Waals surface area contributed by atoms with Crippen molar-refractivity contribution in [3.8, 4) is 11.5 Å². The summed E-state index contributed by atoms with van der Waals surface area (Å²) in [5.74, 6) is -2.39. The second-order valence-electron chi connectivity index (χ2n) is 5.82. The van der Waals surface area contributed by atoms with Gasteiger partial charge in [0.05, 0.1) is 13.0 Å². The lowest BCUT2D eigenvalue weighted by Gasteiger charge is -2.31. The zero-order chi connectivity index (χ0) is 18.6. The van der Waals surface area contributed by atoms with Gasteiger partial charge in [-0.2, -0.15) is 22.0 Å². The molecule has 0 saturated heterocycles. The SMILES string of the molecule is COc1ccc(C(=O)N[C@@H]2CCC[C@H](C(F)(F)F)C2)cc1OC(F)F. The van der Waals surface area contributed by atoms with E-state index >= 15 is 0 Å². The summed E-state index contributed by atoms with van der Waals surface area (Å²) in [5.41, 5.74) is 0.00517. The van der Waals surface area contributed by atoms with Gasteiger partial charge in [-0.3, -0.25) is 4.79 Å². The first kappa shape index (κ1) is 19.3. The lowest BCUT2D eigenvalue weighted by Crippen LogP contribution is -2.41. The minimum absolute atomic E-state index is 0.00517. The molecule has 0 heterocycles. The highest BCUT2D eigenvalue weighted by atomic mass is 19.4. The minimum atomic E-state index is -4.29. The van der Waals surface area contributed by atoms with Crippen molar-refractivity contribution in [3.63, 3.8) is 0 Å². The fraction of sp³-hybridized carbons (Fsp3) is 0.562. The standard InChI is InChI=1S/C16H18F5NO3/c1-24-12-6-5-9(7-13(12)25-15(17)18)14(23)22-11-4-2-3-10(8-11)16(19,20)21/h5-7,10-11,15H,2-4,8H2,1H3,(H,22,23)/t10-,11+/m0/s1. The van der Waals surface area contributed by atoms with Crippen LogP contribution in [-0.4, -0.2) is 31.8 Å². The number of methoxy groups -OCH3 is 1. The molecule has 1 aliphatic rings. The first-order chi connectivity index (χ1) is 11.7. The molecule has 2 rings (SSSR count). The van der Waals surface area contributed by atoms with Gasteiger partial charge in [-0.1, -0.05) is 6.42 Å². The van der Waals surface area contributed by atoms with Crippen molar-refractivity contribution in [2.75, 3.05) is 7.11 Å². The Morgan fingerprint density at radius 2 is 1.96 bits per heavy atom. The maximum absolute atomic E-state index is 12.8. The molecular weight excluding hydrogens is 349 g/mol. The number of nitrogens with one attached hydrogen (secondary N) is 1. The van der Waals surface area contributed by atoms with Crippen LogP contribution in [0, 0.1) is 5.92 Å². The van der Waals surface area contributed by atoms with Crippen LogP contribution < -0.4 is 14.8 Å². The number of hydrogen-bond donors (Lipinski definition) is 1. The normalized spacial score (nSPS) is 21.1. The van der Waals surface area contributed by atoms with E-state index in [0.29, 0.717) is 12.8 Å². The van der Waals surface area contributed by atoms with E-state index in [2.05, 4.69) is 10.1 Å². The van der Waals surface area contributed by atoms with Crippen molar-refractivity contribution in [3.05, 3.63) is 23.8 Å². The molecule has 1 fully saturated rings. The number of ether oxygens (including phenoxy) is 2. The molecule has 1 N–H and O–H groups in total. The molecule has 25 heavy (non-hydrogen) atoms. The van der Waals surface area contributed by atoms with Gasteiger partial charge in [-0.15, -0.1) is 0 Å². The molecule has 0 radical (unpaired) electrons. The Labute approximate surface area is 141 Å². The average molecular weight is 367 g/mol. The number of carbonyl (C=O) groups is 1. The molecule has 1 aliphatic carbocycles. The number of halogens is 5. The molecule has 1 aromatic rings. The second kappa shape index (κ2) is 7.88. The average Bonchev–Trinajstić information content (AvgIpc) is 2.53. The fourth-order valence-corrected chi connectivity index (χ4v) is 2.89. The predicted molar refractivity (Wildman–Crippen MR) is 78.9 cm³/mol. The lowest BCUT2D eigenvalue weighted by atomic mass is 9.85. The third kappa shape index (κ3) is 5.20. The van der Waals surface area contributed by atoms with Gasteiger partial charge in [0.25, 0.3) is 5.91 Å². The molecule has 2 atom stereocenters. The molecule has 0 aromatic heterocycles. The van der Waals surface area contributed by atoms with Crippen molar-refractivity contribution >= 4 is 5.91 Å². The summed E-state index contributed by atoms with van der Waals surface area (Å²) in [4.78, 5) is 12.2. The molecular formula is C16H18F5NO3. The quantitative estimate of drug-likeness (QED) is 0.796. The molecule has 1 amide bonds. The van der Waals surface area contributed by atoms with Gasteiger partial charge in [0.15, 0.2) is 11.5 Å². The smallest absolute Gasteiger partial charge is 0.391 e. The molecule has 0 bridgehead atoms. The fourth-order valence-electron chi connectivity index (χ4n) is 2.89. The Hall–Kier alpha value is -2.06. The van der Waals surface area contributed by atoms with Crippen molar-refractivity contribution < 1.29 is 36.2 Å². The predicted octanol–water partition coefficient (Wildman–Crippen LogP) is 4.15. The van der Waals surface area contributed by atoms with Crippen molar-refractivity contribution in [1.29, 1.82) is 0 Å². The Kier molecular flexibility index (Phi) is 6.07. The number of benzene rings is 1. The Bertz CT molecular complexity index is 606. The molecule has 4 nitrogen and oxygen atoms in total. The summed E-state index contributed by atoms with van der Waals surface area (Å²) in [6.45, 7) is -3.10. The lowest BCUT2D eigenvalue weighted by molar-refractivity contribution is -0.183. The number of carbonyl (C=O) groups excluding carboxylic acids is 1. The van der Waals surface area contributed by atoms with Crippen molar-refractivity contribution in [2.24, 2.45) is 5.92 Å². The topological polar surface area (TPSA) is 47.6 Å². The van der Waals surface area contributed by atoms with Gasteiger partial charge in [-0.05, 0) is 37.5 Å². The maximum atomic E-state index is 12.8. The maximum Gasteiger partial charge on any atom is 0.391 e. The number of amides is 1. The molecule has 0 aliphatic heterocycles. The van der Waals surface area contributed by atoms with Crippen LogP contribution in [-0.2, 0) is 0 Å². The van der Waals surface area contributed by atoms with Gasteiger partial charge < -0.3 is 14.8 Å². The van der Waals surface area contributed by atoms with Crippen LogP contribution in [0.25, 0.3) is 0 Å². The monoisotopic (exact) mass is 367 g/mol. The Morgan fingerprint density at radius 1 is 1.24 bits per heavy atom. The summed E-state index contributed by atoms with van der Waals surface area (Å²) in [7, 11) is 1.26. The largest absolute Gasteiger partial charge is 0.493 e. The molecule has 0 unspecified atom stereocenters. The summed E-state index contributed by atoms with van der Waals surface area (Å²) in [6, 6.07) is 3.07. The van der Waals surface area contributed by atoms with Crippen LogP contribution >= 0.6 is 0 Å². The second-order valence-corrected chi connectivity index (χ2v) is 5.82. The summed E-state index contributed by atoms with van der Waals surface area (Å²) in [5, 5.41) is 2.53. The van der Waals surface area contributed by atoms with Crippen LogP contribution in [0.2, 0.25) is 0 Å². The Morgan fingerprint density at radius 3 is 2.56 bits per heavy atom. The van der Waals surface area contributed by atoms with Crippen LogP contribution in [0.5, 0.6) is 11.5 Å². The van der Waals surface area contributed by atoms with Crippen LogP contribution in [0.3, 0.4) is 0 Å². The van der Waals surface area contributed by atoms with Crippen LogP contribution in [0.15, 0.2) is 18.2 Å². The van der Waals surface area contributed by atoms with E-state index < -0.39 is 30.7 Å². The third-order valence-electron chi connectivity index (χ3n) is 4.11. The summed E-state index contributed by atoms with van der Waals surface area (Å²) in [6.07, 6.45) is -3.63. The zero-order valence-corrected chi connectivity index (χ0v) is 13.4. The van der Waals surface area contributed by atoms with E-state index in [-0.39, 0.29) is 29.9 Å². The van der Waals surface area contributed by atoms with Gasteiger partial charge in [0.2, 0.25) is 0 Å². The zero-order valence-electron chi connectivity index (χ0n) is 13.4. The van der Waals surface area contributed by atoms with Gasteiger partial charge in [0, 0.05) is 11.6 Å². The van der Waals surface area contributed by atoms with Gasteiger partial charge in [-0.25, -0.2) is 0 Å². The van der Waals surface area contributed by atoms with E-state index in [4.69, 9.17) is 4.74 Å². The molecule has 0 spiro atoms. The minimum Gasteiger partial charge on any atom is -0.493 e. The molecule has 1 aromatic carbocycles. The molecule has 140 valence electrons. The highest BCUT2D eigenvalue weighted by Crippen LogP contribution is 2.37. The highest BCUT2D eigenvalue weighted by Gasteiger charge is 2.42. The van der Waals surface area contributed by atoms with Crippen LogP contribution in [0.4, 0.5) is 22.0 Å². The van der Waals surface area contributed by atoms with E-state index in [9.17, 15) is 26.7 Å². The molecule has 1 saturated carbocycles. The Balaban J connectivity index is 2.07. The van der Waals surface area contributed by atoms with Crippen molar-refractivity contribution in [2.45, 2.75) is 44.5 Å². The van der Waals surface area contributed by atoms with E-state index in [1.807, 2.05) is 0 Å². The molecule has 9 heteroatoms. The van der Waals surface area contributed by atoms with Crippen LogP contribution in [0.1, 0.15) is 36.0 Å².